The molecule has 13 nitrogen and oxygen atoms in total. The van der Waals surface area contributed by atoms with Crippen molar-refractivity contribution >= 4 is 17.1 Å². The van der Waals surface area contributed by atoms with Crippen LogP contribution in [0, 0.1) is 30.3 Å². The molecule has 3 rings (SSSR count). The average Bonchev–Trinajstić information content (AvgIpc) is 2.58. The standard InChI is InChI=1S/C14H9N3O10/c18-13(19)9-3-6(15(22)23)1-2-8(9)12-10(14(13,20)21)4-7(16(24)25)5-11(12)17(26)27/h1-5,18-21H. The smallest absolute Gasteiger partial charge is 0.284 e. The van der Waals surface area contributed by atoms with Crippen molar-refractivity contribution in [2.45, 2.75) is 11.6 Å². The van der Waals surface area contributed by atoms with Crippen molar-refractivity contribution in [1.82, 2.24) is 0 Å². The summed E-state index contributed by atoms with van der Waals surface area (Å²) in [4.78, 5) is 30.4. The minimum Gasteiger partial charge on any atom is -0.357 e. The quantitative estimate of drug-likeness (QED) is 0.327. The van der Waals surface area contributed by atoms with E-state index in [0.29, 0.717) is 18.2 Å². The molecule has 0 spiro atoms. The molecule has 1 aliphatic carbocycles. The maximum Gasteiger partial charge on any atom is 0.284 e. The number of aliphatic hydroxyl groups is 4. The van der Waals surface area contributed by atoms with Crippen LogP contribution >= 0.6 is 0 Å². The molecule has 27 heavy (non-hydrogen) atoms. The van der Waals surface area contributed by atoms with Crippen LogP contribution in [-0.4, -0.2) is 35.2 Å². The predicted molar refractivity (Wildman–Crippen MR) is 84.1 cm³/mol. The largest absolute Gasteiger partial charge is 0.357 e. The van der Waals surface area contributed by atoms with E-state index >= 15 is 0 Å². The van der Waals surface area contributed by atoms with Gasteiger partial charge in [0.1, 0.15) is 0 Å². The highest BCUT2D eigenvalue weighted by Gasteiger charge is 2.58. The van der Waals surface area contributed by atoms with E-state index in [1.54, 1.807) is 0 Å². The number of fused-ring (bicyclic) bond motifs is 3. The molecule has 0 saturated carbocycles. The molecule has 2 aromatic carbocycles. The van der Waals surface area contributed by atoms with Crippen LogP contribution in [-0.2, 0) is 11.6 Å². The van der Waals surface area contributed by atoms with Crippen molar-refractivity contribution < 1.29 is 35.2 Å². The average molecular weight is 379 g/mol. The third-order valence-electron chi connectivity index (χ3n) is 4.23. The molecular weight excluding hydrogens is 370 g/mol. The molecule has 0 aliphatic heterocycles. The molecule has 1 aliphatic rings. The maximum atomic E-state index is 11.4. The van der Waals surface area contributed by atoms with Gasteiger partial charge >= 0.3 is 0 Å². The first-order valence-electron chi connectivity index (χ1n) is 7.05. The second-order valence-electron chi connectivity index (χ2n) is 5.73. The summed E-state index contributed by atoms with van der Waals surface area (Å²) in [5.74, 6) is -7.19. The summed E-state index contributed by atoms with van der Waals surface area (Å²) in [6.07, 6.45) is 0. The minimum atomic E-state index is -3.64. The van der Waals surface area contributed by atoms with E-state index in [-0.39, 0.29) is 5.56 Å². The normalized spacial score (nSPS) is 16.1. The molecule has 13 heteroatoms. The minimum absolute atomic E-state index is 0.332. The van der Waals surface area contributed by atoms with Gasteiger partial charge in [0.2, 0.25) is 0 Å². The highest BCUT2D eigenvalue weighted by Crippen LogP contribution is 2.53. The molecule has 0 radical (unpaired) electrons. The maximum absolute atomic E-state index is 11.4. The zero-order valence-electron chi connectivity index (χ0n) is 13.0. The summed E-state index contributed by atoms with van der Waals surface area (Å²) in [6, 6.07) is 3.58. The SMILES string of the molecule is O=[N+]([O-])c1ccc2c(c1)C(O)(O)C(O)(O)c1cc([N+](=O)[O-])cc([N+](=O)[O-])c1-2. The van der Waals surface area contributed by atoms with E-state index < -0.39 is 60.1 Å². The first-order chi connectivity index (χ1) is 12.4. The number of benzene rings is 2. The van der Waals surface area contributed by atoms with Crippen molar-refractivity contribution in [2.75, 3.05) is 0 Å². The molecule has 0 saturated heterocycles. The number of rotatable bonds is 3. The van der Waals surface area contributed by atoms with Crippen LogP contribution in [0.4, 0.5) is 17.1 Å². The fourth-order valence-electron chi connectivity index (χ4n) is 2.95. The number of nitro groups is 3. The molecule has 4 N–H and O–H groups in total. The number of hydrogen-bond acceptors (Lipinski definition) is 10. The predicted octanol–water partition coefficient (Wildman–Crippen LogP) is 0.367. The molecule has 0 amide bonds. The molecule has 2 aromatic rings. The molecular formula is C14H9N3O10. The Morgan fingerprint density at radius 1 is 0.704 bits per heavy atom. The molecule has 0 aromatic heterocycles. The lowest BCUT2D eigenvalue weighted by atomic mass is 9.76. The third-order valence-corrected chi connectivity index (χ3v) is 4.23. The zero-order chi connectivity index (χ0) is 20.3. The van der Waals surface area contributed by atoms with Gasteiger partial charge in [-0.05, 0) is 11.6 Å². The molecule has 0 fully saturated rings. The summed E-state index contributed by atoms with van der Waals surface area (Å²) in [5, 5.41) is 74.4. The Balaban J connectivity index is 2.51. The van der Waals surface area contributed by atoms with Crippen molar-refractivity contribution in [1.29, 1.82) is 0 Å². The summed E-state index contributed by atoms with van der Waals surface area (Å²) in [7, 11) is 0. The van der Waals surface area contributed by atoms with E-state index in [1.807, 2.05) is 0 Å². The van der Waals surface area contributed by atoms with Gasteiger partial charge in [0.15, 0.2) is 0 Å². The second kappa shape index (κ2) is 5.49. The van der Waals surface area contributed by atoms with Crippen molar-refractivity contribution in [2.24, 2.45) is 0 Å². The van der Waals surface area contributed by atoms with E-state index in [2.05, 4.69) is 0 Å². The van der Waals surface area contributed by atoms with E-state index in [9.17, 15) is 50.8 Å². The van der Waals surface area contributed by atoms with Crippen LogP contribution in [0.1, 0.15) is 11.1 Å². The number of hydrogen-bond donors (Lipinski definition) is 4. The Hall–Kier alpha value is -3.52. The van der Waals surface area contributed by atoms with Gasteiger partial charge in [-0.1, -0.05) is 0 Å². The summed E-state index contributed by atoms with van der Waals surface area (Å²) in [6.45, 7) is 0. The van der Waals surface area contributed by atoms with Gasteiger partial charge in [-0.25, -0.2) is 0 Å². The number of non-ortho nitro benzene ring substituents is 2. The van der Waals surface area contributed by atoms with E-state index in [0.717, 1.165) is 12.1 Å². The van der Waals surface area contributed by atoms with Crippen LogP contribution < -0.4 is 0 Å². The van der Waals surface area contributed by atoms with E-state index in [1.165, 1.54) is 0 Å². The van der Waals surface area contributed by atoms with Crippen LogP contribution in [0.3, 0.4) is 0 Å². The van der Waals surface area contributed by atoms with E-state index in [4.69, 9.17) is 0 Å². The lowest BCUT2D eigenvalue weighted by molar-refractivity contribution is -0.397. The van der Waals surface area contributed by atoms with Gasteiger partial charge < -0.3 is 20.4 Å². The lowest BCUT2D eigenvalue weighted by Crippen LogP contribution is -2.52. The summed E-state index contributed by atoms with van der Waals surface area (Å²) in [5.41, 5.74) is -5.03. The zero-order valence-corrected chi connectivity index (χ0v) is 13.0. The first kappa shape index (κ1) is 18.3. The molecule has 0 atom stereocenters. The van der Waals surface area contributed by atoms with Crippen LogP contribution in [0.2, 0.25) is 0 Å². The van der Waals surface area contributed by atoms with Gasteiger partial charge in [-0.15, -0.1) is 0 Å². The Labute approximate surface area is 147 Å². The van der Waals surface area contributed by atoms with Crippen LogP contribution in [0.5, 0.6) is 0 Å². The molecule has 0 bridgehead atoms. The van der Waals surface area contributed by atoms with Crippen molar-refractivity contribution in [3.8, 4) is 11.1 Å². The van der Waals surface area contributed by atoms with Gasteiger partial charge in [0.25, 0.3) is 28.6 Å². The van der Waals surface area contributed by atoms with Gasteiger partial charge in [-0.2, -0.15) is 0 Å². The monoisotopic (exact) mass is 379 g/mol. The third kappa shape index (κ3) is 2.42. The molecule has 0 heterocycles. The fraction of sp³-hybridized carbons (Fsp3) is 0.143. The lowest BCUT2D eigenvalue weighted by Gasteiger charge is -2.40. The van der Waals surface area contributed by atoms with Crippen molar-refractivity contribution in [3.63, 3.8) is 0 Å². The van der Waals surface area contributed by atoms with Crippen LogP contribution in [0.15, 0.2) is 30.3 Å². The Kier molecular flexibility index (Phi) is 3.71. The number of nitrogens with zero attached hydrogens (tertiary/aromatic N) is 3. The van der Waals surface area contributed by atoms with Crippen LogP contribution in [0.25, 0.3) is 11.1 Å². The number of nitro benzene ring substituents is 3. The highest BCUT2D eigenvalue weighted by molar-refractivity contribution is 5.85. The fourth-order valence-corrected chi connectivity index (χ4v) is 2.95. The van der Waals surface area contributed by atoms with Gasteiger partial charge in [0.05, 0.1) is 26.4 Å². The second-order valence-corrected chi connectivity index (χ2v) is 5.73. The summed E-state index contributed by atoms with van der Waals surface area (Å²) < 4.78 is 0. The van der Waals surface area contributed by atoms with Gasteiger partial charge in [0, 0.05) is 29.3 Å². The Morgan fingerprint density at radius 3 is 1.74 bits per heavy atom. The Bertz CT molecular complexity index is 1030. The highest BCUT2D eigenvalue weighted by atomic mass is 16.6. The molecule has 0 unspecified atom stereocenters. The van der Waals surface area contributed by atoms with Gasteiger partial charge in [-0.3, -0.25) is 30.3 Å². The summed E-state index contributed by atoms with van der Waals surface area (Å²) >= 11 is 0. The van der Waals surface area contributed by atoms with Crippen molar-refractivity contribution in [3.05, 3.63) is 71.8 Å². The Morgan fingerprint density at radius 2 is 1.22 bits per heavy atom. The molecule has 140 valence electrons. The first-order valence-corrected chi connectivity index (χ1v) is 7.05. The topological polar surface area (TPSA) is 210 Å².